The standard InChI is InChI=1S/C11H19N3O2/c1-14-10(12)7-9(13-14)11(8-15-2)5-3-4-6-16-11/h7H,3-6,8,12H2,1-2H3. The molecule has 1 fully saturated rings. The highest BCUT2D eigenvalue weighted by molar-refractivity contribution is 5.33. The second-order valence-corrected chi connectivity index (χ2v) is 4.31. The molecule has 2 rings (SSSR count). The van der Waals surface area contributed by atoms with E-state index in [1.54, 1.807) is 11.8 Å². The Kier molecular flexibility index (Phi) is 3.16. The SMILES string of the molecule is COCC1(c2cc(N)n(C)n2)CCCCO1. The van der Waals surface area contributed by atoms with E-state index in [0.29, 0.717) is 12.4 Å². The van der Waals surface area contributed by atoms with Gasteiger partial charge in [0.05, 0.1) is 12.3 Å². The van der Waals surface area contributed by atoms with Gasteiger partial charge in [0, 0.05) is 26.8 Å². The highest BCUT2D eigenvalue weighted by atomic mass is 16.5. The van der Waals surface area contributed by atoms with Crippen molar-refractivity contribution in [1.82, 2.24) is 9.78 Å². The van der Waals surface area contributed by atoms with Crippen LogP contribution >= 0.6 is 0 Å². The van der Waals surface area contributed by atoms with Crippen LogP contribution in [0, 0.1) is 0 Å². The number of nitrogens with two attached hydrogens (primary N) is 1. The van der Waals surface area contributed by atoms with Crippen LogP contribution in [-0.2, 0) is 22.1 Å². The molecule has 1 aliphatic heterocycles. The molecule has 1 unspecified atom stereocenters. The zero-order chi connectivity index (χ0) is 11.6. The summed E-state index contributed by atoms with van der Waals surface area (Å²) >= 11 is 0. The van der Waals surface area contributed by atoms with Crippen molar-refractivity contribution in [3.8, 4) is 0 Å². The van der Waals surface area contributed by atoms with Gasteiger partial charge in [-0.05, 0) is 19.3 Å². The first kappa shape index (κ1) is 11.4. The van der Waals surface area contributed by atoms with Crippen LogP contribution in [0.4, 0.5) is 5.82 Å². The van der Waals surface area contributed by atoms with Crippen molar-refractivity contribution in [1.29, 1.82) is 0 Å². The van der Waals surface area contributed by atoms with Crippen molar-refractivity contribution >= 4 is 5.82 Å². The number of nitrogens with zero attached hydrogens (tertiary/aromatic N) is 2. The minimum absolute atomic E-state index is 0.400. The molecule has 1 saturated heterocycles. The van der Waals surface area contributed by atoms with Crippen molar-refractivity contribution in [2.75, 3.05) is 26.1 Å². The van der Waals surface area contributed by atoms with Crippen LogP contribution in [0.25, 0.3) is 0 Å². The van der Waals surface area contributed by atoms with Crippen molar-refractivity contribution < 1.29 is 9.47 Å². The second-order valence-electron chi connectivity index (χ2n) is 4.31. The van der Waals surface area contributed by atoms with Gasteiger partial charge < -0.3 is 15.2 Å². The Morgan fingerprint density at radius 3 is 2.94 bits per heavy atom. The molecule has 0 bridgehead atoms. The second kappa shape index (κ2) is 4.43. The Labute approximate surface area is 95.5 Å². The summed E-state index contributed by atoms with van der Waals surface area (Å²) in [6.45, 7) is 1.29. The lowest BCUT2D eigenvalue weighted by Crippen LogP contribution is -2.38. The molecule has 0 spiro atoms. The zero-order valence-electron chi connectivity index (χ0n) is 9.90. The molecule has 1 atom stereocenters. The third-order valence-corrected chi connectivity index (χ3v) is 3.11. The van der Waals surface area contributed by atoms with Crippen molar-refractivity contribution in [2.24, 2.45) is 7.05 Å². The first-order valence-corrected chi connectivity index (χ1v) is 5.61. The molecule has 2 heterocycles. The van der Waals surface area contributed by atoms with Gasteiger partial charge in [0.2, 0.25) is 0 Å². The Bertz CT molecular complexity index is 331. The summed E-state index contributed by atoms with van der Waals surface area (Å²) in [5.41, 5.74) is 6.29. The number of anilines is 1. The molecular formula is C11H19N3O2. The Morgan fingerprint density at radius 2 is 2.44 bits per heavy atom. The van der Waals surface area contributed by atoms with E-state index in [-0.39, 0.29) is 0 Å². The lowest BCUT2D eigenvalue weighted by Gasteiger charge is -2.35. The number of hydrogen-bond acceptors (Lipinski definition) is 4. The summed E-state index contributed by atoms with van der Waals surface area (Å²) in [6.07, 6.45) is 3.19. The van der Waals surface area contributed by atoms with Crippen LogP contribution in [0.5, 0.6) is 0 Å². The number of nitrogen functional groups attached to an aromatic ring is 1. The quantitative estimate of drug-likeness (QED) is 0.835. The number of hydrogen-bond donors (Lipinski definition) is 1. The van der Waals surface area contributed by atoms with Gasteiger partial charge in [-0.3, -0.25) is 4.68 Å². The lowest BCUT2D eigenvalue weighted by atomic mass is 9.91. The van der Waals surface area contributed by atoms with E-state index in [2.05, 4.69) is 5.10 Å². The summed E-state index contributed by atoms with van der Waals surface area (Å²) in [6, 6.07) is 1.88. The van der Waals surface area contributed by atoms with Crippen molar-refractivity contribution in [3.63, 3.8) is 0 Å². The zero-order valence-corrected chi connectivity index (χ0v) is 9.90. The van der Waals surface area contributed by atoms with Crippen LogP contribution in [-0.4, -0.2) is 30.1 Å². The van der Waals surface area contributed by atoms with Gasteiger partial charge in [0.15, 0.2) is 0 Å². The van der Waals surface area contributed by atoms with E-state index in [0.717, 1.165) is 31.6 Å². The summed E-state index contributed by atoms with van der Waals surface area (Å²) < 4.78 is 12.8. The van der Waals surface area contributed by atoms with E-state index in [4.69, 9.17) is 15.2 Å². The molecule has 0 saturated carbocycles. The summed E-state index contributed by atoms with van der Waals surface area (Å²) in [4.78, 5) is 0. The number of rotatable bonds is 3. The Morgan fingerprint density at radius 1 is 1.62 bits per heavy atom. The summed E-state index contributed by atoms with van der Waals surface area (Å²) in [7, 11) is 3.52. The predicted molar refractivity (Wildman–Crippen MR) is 61.0 cm³/mol. The van der Waals surface area contributed by atoms with Crippen LogP contribution in [0.15, 0.2) is 6.07 Å². The Balaban J connectivity index is 2.30. The van der Waals surface area contributed by atoms with Gasteiger partial charge in [0.25, 0.3) is 0 Å². The molecule has 0 radical (unpaired) electrons. The highest BCUT2D eigenvalue weighted by Crippen LogP contribution is 2.35. The van der Waals surface area contributed by atoms with E-state index < -0.39 is 5.60 Å². The summed E-state index contributed by atoms with van der Waals surface area (Å²) in [5.74, 6) is 0.652. The minimum atomic E-state index is -0.400. The molecule has 0 aliphatic carbocycles. The average molecular weight is 225 g/mol. The highest BCUT2D eigenvalue weighted by Gasteiger charge is 2.38. The largest absolute Gasteiger partial charge is 0.384 e. The van der Waals surface area contributed by atoms with E-state index in [1.165, 1.54) is 0 Å². The van der Waals surface area contributed by atoms with E-state index in [9.17, 15) is 0 Å². The topological polar surface area (TPSA) is 62.3 Å². The van der Waals surface area contributed by atoms with Gasteiger partial charge >= 0.3 is 0 Å². The van der Waals surface area contributed by atoms with Gasteiger partial charge in [-0.1, -0.05) is 0 Å². The Hall–Kier alpha value is -1.07. The minimum Gasteiger partial charge on any atom is -0.384 e. The maximum atomic E-state index is 5.90. The maximum absolute atomic E-state index is 5.90. The van der Waals surface area contributed by atoms with E-state index in [1.807, 2.05) is 13.1 Å². The van der Waals surface area contributed by atoms with Crippen molar-refractivity contribution in [3.05, 3.63) is 11.8 Å². The van der Waals surface area contributed by atoms with Crippen LogP contribution in [0.2, 0.25) is 0 Å². The predicted octanol–water partition coefficient (Wildman–Crippen LogP) is 1.04. The van der Waals surface area contributed by atoms with Gasteiger partial charge in [-0.2, -0.15) is 5.10 Å². The molecular weight excluding hydrogens is 206 g/mol. The average Bonchev–Trinajstić information content (AvgIpc) is 2.62. The fraction of sp³-hybridized carbons (Fsp3) is 0.727. The van der Waals surface area contributed by atoms with Crippen molar-refractivity contribution in [2.45, 2.75) is 24.9 Å². The first-order chi connectivity index (χ1) is 7.68. The summed E-state index contributed by atoms with van der Waals surface area (Å²) in [5, 5.41) is 4.41. The fourth-order valence-corrected chi connectivity index (χ4v) is 2.18. The number of methoxy groups -OCH3 is 1. The molecule has 0 amide bonds. The fourth-order valence-electron chi connectivity index (χ4n) is 2.18. The first-order valence-electron chi connectivity index (χ1n) is 5.61. The smallest absolute Gasteiger partial charge is 0.135 e. The molecule has 5 nitrogen and oxygen atoms in total. The molecule has 90 valence electrons. The van der Waals surface area contributed by atoms with Gasteiger partial charge in [0.1, 0.15) is 11.4 Å². The molecule has 2 N–H and O–H groups in total. The third kappa shape index (κ3) is 1.92. The molecule has 1 aromatic rings. The molecule has 0 aromatic carbocycles. The monoisotopic (exact) mass is 225 g/mol. The van der Waals surface area contributed by atoms with Crippen LogP contribution < -0.4 is 5.73 Å². The molecule has 1 aliphatic rings. The maximum Gasteiger partial charge on any atom is 0.135 e. The van der Waals surface area contributed by atoms with Crippen LogP contribution in [0.1, 0.15) is 25.0 Å². The van der Waals surface area contributed by atoms with Crippen LogP contribution in [0.3, 0.4) is 0 Å². The lowest BCUT2D eigenvalue weighted by molar-refractivity contribution is -0.124. The normalized spacial score (nSPS) is 25.9. The molecule has 1 aromatic heterocycles. The molecule has 16 heavy (non-hydrogen) atoms. The van der Waals surface area contributed by atoms with Gasteiger partial charge in [-0.25, -0.2) is 0 Å². The number of ether oxygens (including phenoxy) is 2. The molecule has 5 heteroatoms. The van der Waals surface area contributed by atoms with Gasteiger partial charge in [-0.15, -0.1) is 0 Å². The van der Waals surface area contributed by atoms with E-state index >= 15 is 0 Å². The third-order valence-electron chi connectivity index (χ3n) is 3.11. The number of aromatic nitrogens is 2. The number of aryl methyl sites for hydroxylation is 1.